The van der Waals surface area contributed by atoms with Gasteiger partial charge in [0.15, 0.2) is 17.3 Å². The summed E-state index contributed by atoms with van der Waals surface area (Å²) in [6.07, 6.45) is 1.98. The molecule has 1 aliphatic heterocycles. The maximum absolute atomic E-state index is 12.4. The minimum Gasteiger partial charge on any atom is -0.454 e. The quantitative estimate of drug-likeness (QED) is 0.781. The van der Waals surface area contributed by atoms with Gasteiger partial charge in [0.25, 0.3) is 0 Å². The summed E-state index contributed by atoms with van der Waals surface area (Å²) >= 11 is 0. The third-order valence-corrected chi connectivity index (χ3v) is 3.68. The number of carbonyl (C=O) groups is 1. The number of fused-ring (bicyclic) bond motifs is 3. The van der Waals surface area contributed by atoms with Crippen LogP contribution in [0.2, 0.25) is 0 Å². The summed E-state index contributed by atoms with van der Waals surface area (Å²) in [6.45, 7) is 0.165. The van der Waals surface area contributed by atoms with Crippen molar-refractivity contribution in [2.24, 2.45) is 0 Å². The standard InChI is InChI=1S/C14H11NO4/c16-10-3-1-2-8-13(10)14(17)7-4-11-12(19-6-18-11)5-9(7)15-8/h4-5H,1-3,6H2,(H,15,17). The number of ether oxygens (including phenoxy) is 2. The summed E-state index contributed by atoms with van der Waals surface area (Å²) in [5.74, 6) is 1.12. The Labute approximate surface area is 108 Å². The number of nitrogens with one attached hydrogen (secondary N) is 1. The van der Waals surface area contributed by atoms with Crippen LogP contribution in [-0.2, 0) is 6.42 Å². The Morgan fingerprint density at radius 3 is 2.68 bits per heavy atom. The number of H-pyrrole nitrogens is 1. The Morgan fingerprint density at radius 1 is 1.05 bits per heavy atom. The Balaban J connectivity index is 2.10. The highest BCUT2D eigenvalue weighted by molar-refractivity contribution is 6.01. The van der Waals surface area contributed by atoms with Crippen molar-refractivity contribution in [2.45, 2.75) is 19.3 Å². The predicted octanol–water partition coefficient (Wildman–Crippen LogP) is 1.78. The number of hydrogen-bond acceptors (Lipinski definition) is 4. The Morgan fingerprint density at radius 2 is 1.84 bits per heavy atom. The van der Waals surface area contributed by atoms with E-state index in [0.29, 0.717) is 34.4 Å². The van der Waals surface area contributed by atoms with Crippen LogP contribution in [0.3, 0.4) is 0 Å². The highest BCUT2D eigenvalue weighted by atomic mass is 16.7. The largest absolute Gasteiger partial charge is 0.454 e. The average Bonchev–Trinajstić information content (AvgIpc) is 2.84. The summed E-state index contributed by atoms with van der Waals surface area (Å²) in [7, 11) is 0. The summed E-state index contributed by atoms with van der Waals surface area (Å²) in [5, 5.41) is 0.484. The summed E-state index contributed by atoms with van der Waals surface area (Å²) in [6, 6.07) is 3.41. The van der Waals surface area contributed by atoms with Crippen LogP contribution in [0, 0.1) is 0 Å². The molecule has 1 aromatic carbocycles. The molecular formula is C14H11NO4. The molecule has 5 heteroatoms. The van der Waals surface area contributed by atoms with Gasteiger partial charge in [-0.25, -0.2) is 0 Å². The topological polar surface area (TPSA) is 68.4 Å². The molecule has 0 bridgehead atoms. The van der Waals surface area contributed by atoms with E-state index in [1.807, 2.05) is 0 Å². The molecule has 0 saturated carbocycles. The Bertz CT molecular complexity index is 775. The molecule has 2 heterocycles. The molecule has 0 atom stereocenters. The second-order valence-electron chi connectivity index (χ2n) is 4.84. The van der Waals surface area contributed by atoms with Crippen molar-refractivity contribution in [3.63, 3.8) is 0 Å². The van der Waals surface area contributed by atoms with Gasteiger partial charge in [-0.2, -0.15) is 0 Å². The lowest BCUT2D eigenvalue weighted by atomic mass is 9.93. The van der Waals surface area contributed by atoms with E-state index in [0.717, 1.165) is 18.5 Å². The highest BCUT2D eigenvalue weighted by Gasteiger charge is 2.24. The first kappa shape index (κ1) is 10.6. The van der Waals surface area contributed by atoms with Gasteiger partial charge in [0.1, 0.15) is 0 Å². The van der Waals surface area contributed by atoms with Crippen molar-refractivity contribution < 1.29 is 14.3 Å². The van der Waals surface area contributed by atoms with Crippen LogP contribution in [0.25, 0.3) is 10.9 Å². The molecule has 1 aliphatic carbocycles. The van der Waals surface area contributed by atoms with E-state index in [4.69, 9.17) is 9.47 Å². The van der Waals surface area contributed by atoms with Crippen molar-refractivity contribution in [3.8, 4) is 11.5 Å². The number of aromatic nitrogens is 1. The molecular weight excluding hydrogens is 246 g/mol. The molecule has 4 rings (SSSR count). The van der Waals surface area contributed by atoms with Crippen LogP contribution >= 0.6 is 0 Å². The molecule has 2 aromatic rings. The van der Waals surface area contributed by atoms with Gasteiger partial charge in [-0.15, -0.1) is 0 Å². The SMILES string of the molecule is O=C1CCCc2[nH]c3cc4c(cc3c(=O)c21)OCO4. The molecule has 1 N–H and O–H groups in total. The number of rotatable bonds is 0. The smallest absolute Gasteiger partial charge is 0.231 e. The molecule has 0 spiro atoms. The minimum atomic E-state index is -0.202. The number of benzene rings is 1. The number of carbonyl (C=O) groups excluding carboxylic acids is 1. The van der Waals surface area contributed by atoms with Gasteiger partial charge in [0.05, 0.1) is 16.5 Å². The van der Waals surface area contributed by atoms with Gasteiger partial charge < -0.3 is 14.5 Å². The molecule has 19 heavy (non-hydrogen) atoms. The Hall–Kier alpha value is -2.30. The van der Waals surface area contributed by atoms with Gasteiger partial charge in [-0.05, 0) is 18.9 Å². The maximum Gasteiger partial charge on any atom is 0.231 e. The van der Waals surface area contributed by atoms with Crippen LogP contribution in [0.4, 0.5) is 0 Å². The number of aryl methyl sites for hydroxylation is 1. The van der Waals surface area contributed by atoms with Crippen LogP contribution < -0.4 is 14.9 Å². The van der Waals surface area contributed by atoms with E-state index in [9.17, 15) is 9.59 Å². The molecule has 0 amide bonds. The van der Waals surface area contributed by atoms with Gasteiger partial charge in [0.2, 0.25) is 12.2 Å². The van der Waals surface area contributed by atoms with E-state index in [2.05, 4.69) is 4.98 Å². The third-order valence-electron chi connectivity index (χ3n) is 3.68. The Kier molecular flexibility index (Phi) is 2.01. The predicted molar refractivity (Wildman–Crippen MR) is 68.0 cm³/mol. The fourth-order valence-electron chi connectivity index (χ4n) is 2.76. The zero-order chi connectivity index (χ0) is 13.0. The van der Waals surface area contributed by atoms with E-state index in [1.54, 1.807) is 12.1 Å². The zero-order valence-corrected chi connectivity index (χ0v) is 10.1. The van der Waals surface area contributed by atoms with Crippen molar-refractivity contribution in [2.75, 3.05) is 6.79 Å². The van der Waals surface area contributed by atoms with E-state index in [1.165, 1.54) is 0 Å². The molecule has 0 fully saturated rings. The third kappa shape index (κ3) is 1.41. The van der Waals surface area contributed by atoms with Crippen LogP contribution in [0.15, 0.2) is 16.9 Å². The fourth-order valence-corrected chi connectivity index (χ4v) is 2.76. The van der Waals surface area contributed by atoms with E-state index in [-0.39, 0.29) is 18.0 Å². The molecule has 1 aromatic heterocycles. The van der Waals surface area contributed by atoms with Crippen LogP contribution in [-0.4, -0.2) is 17.6 Å². The number of Topliss-reactive ketones (excluding diaryl/α,β-unsaturated/α-hetero) is 1. The second-order valence-corrected chi connectivity index (χ2v) is 4.84. The lowest BCUT2D eigenvalue weighted by Gasteiger charge is -2.15. The van der Waals surface area contributed by atoms with Crippen LogP contribution in [0.5, 0.6) is 11.5 Å². The minimum absolute atomic E-state index is 0.0675. The van der Waals surface area contributed by atoms with Crippen LogP contribution in [0.1, 0.15) is 28.9 Å². The van der Waals surface area contributed by atoms with E-state index >= 15 is 0 Å². The molecule has 96 valence electrons. The van der Waals surface area contributed by atoms with Crippen molar-refractivity contribution in [1.82, 2.24) is 4.98 Å². The molecule has 0 saturated heterocycles. The number of pyridine rings is 1. The number of aromatic amines is 1. The summed E-state index contributed by atoms with van der Waals surface area (Å²) in [4.78, 5) is 27.5. The van der Waals surface area contributed by atoms with E-state index < -0.39 is 0 Å². The van der Waals surface area contributed by atoms with Crippen molar-refractivity contribution in [1.29, 1.82) is 0 Å². The van der Waals surface area contributed by atoms with Gasteiger partial charge in [-0.3, -0.25) is 9.59 Å². The lowest BCUT2D eigenvalue weighted by Crippen LogP contribution is -2.23. The normalized spacial score (nSPS) is 16.7. The number of hydrogen-bond donors (Lipinski definition) is 1. The first-order chi connectivity index (χ1) is 9.24. The first-order valence-electron chi connectivity index (χ1n) is 6.26. The average molecular weight is 257 g/mol. The first-order valence-corrected chi connectivity index (χ1v) is 6.26. The summed E-state index contributed by atoms with van der Waals surface area (Å²) in [5.41, 5.74) is 1.56. The summed E-state index contributed by atoms with van der Waals surface area (Å²) < 4.78 is 10.6. The van der Waals surface area contributed by atoms with Gasteiger partial charge >= 0.3 is 0 Å². The lowest BCUT2D eigenvalue weighted by molar-refractivity contribution is 0.0970. The maximum atomic E-state index is 12.4. The van der Waals surface area contributed by atoms with Crippen molar-refractivity contribution in [3.05, 3.63) is 33.6 Å². The van der Waals surface area contributed by atoms with Crippen molar-refractivity contribution >= 4 is 16.7 Å². The molecule has 0 radical (unpaired) electrons. The number of ketones is 1. The molecule has 5 nitrogen and oxygen atoms in total. The highest BCUT2D eigenvalue weighted by Crippen LogP contribution is 2.35. The zero-order valence-electron chi connectivity index (χ0n) is 10.1. The second kappa shape index (κ2) is 3.60. The van der Waals surface area contributed by atoms with Gasteiger partial charge in [-0.1, -0.05) is 0 Å². The monoisotopic (exact) mass is 257 g/mol. The molecule has 2 aliphatic rings. The van der Waals surface area contributed by atoms with Gasteiger partial charge in [0, 0.05) is 18.2 Å². The molecule has 0 unspecified atom stereocenters. The fraction of sp³-hybridized carbons (Fsp3) is 0.286.